The molecule has 0 radical (unpaired) electrons. The molecule has 0 spiro atoms. The zero-order valence-corrected chi connectivity index (χ0v) is 20.7. The third-order valence-electron chi connectivity index (χ3n) is 5.87. The average molecular weight is 495 g/mol. The number of amides is 3. The van der Waals surface area contributed by atoms with Gasteiger partial charge in [0, 0.05) is 52.7 Å². The highest BCUT2D eigenvalue weighted by Gasteiger charge is 2.27. The molecule has 0 fully saturated rings. The summed E-state index contributed by atoms with van der Waals surface area (Å²) in [5.41, 5.74) is 2.82. The molecule has 0 saturated carbocycles. The van der Waals surface area contributed by atoms with Gasteiger partial charge in [0.2, 0.25) is 5.91 Å². The number of urea groups is 1. The lowest BCUT2D eigenvalue weighted by atomic mass is 10.0. The van der Waals surface area contributed by atoms with Crippen molar-refractivity contribution in [3.05, 3.63) is 46.3 Å². The van der Waals surface area contributed by atoms with E-state index in [2.05, 4.69) is 21.4 Å². The number of aryl methyl sites for hydroxylation is 2. The van der Waals surface area contributed by atoms with E-state index in [4.69, 9.17) is 9.47 Å². The van der Waals surface area contributed by atoms with Crippen LogP contribution in [0.15, 0.2) is 18.3 Å². The fourth-order valence-electron chi connectivity index (χ4n) is 4.02. The number of carbonyl (C=O) groups excluding carboxylic acids is 3. The van der Waals surface area contributed by atoms with E-state index in [0.717, 1.165) is 17.5 Å². The van der Waals surface area contributed by atoms with Crippen LogP contribution in [-0.4, -0.2) is 74.1 Å². The summed E-state index contributed by atoms with van der Waals surface area (Å²) < 4.78 is 9.97. The third-order valence-corrected chi connectivity index (χ3v) is 5.87. The van der Waals surface area contributed by atoms with E-state index in [0.29, 0.717) is 61.5 Å². The van der Waals surface area contributed by atoms with Gasteiger partial charge in [-0.2, -0.15) is 5.26 Å². The smallest absolute Gasteiger partial charge is 0.328 e. The van der Waals surface area contributed by atoms with Crippen molar-refractivity contribution in [2.24, 2.45) is 0 Å². The molecule has 2 aromatic heterocycles. The topological polar surface area (TPSA) is 138 Å². The quantitative estimate of drug-likeness (QED) is 0.392. The summed E-state index contributed by atoms with van der Waals surface area (Å²) in [5.74, 6) is 0.512. The molecule has 11 heteroatoms. The van der Waals surface area contributed by atoms with Crippen molar-refractivity contribution in [1.29, 1.82) is 5.26 Å². The predicted octanol–water partition coefficient (Wildman–Crippen LogP) is 2.33. The van der Waals surface area contributed by atoms with Crippen molar-refractivity contribution in [1.82, 2.24) is 14.9 Å². The van der Waals surface area contributed by atoms with E-state index in [-0.39, 0.29) is 24.8 Å². The van der Waals surface area contributed by atoms with Crippen LogP contribution in [0.25, 0.3) is 0 Å². The maximum absolute atomic E-state index is 13.2. The Balaban J connectivity index is 1.82. The number of hydrogen-bond donors (Lipinski definition) is 1. The normalized spacial score (nSPS) is 12.4. The largest absolute Gasteiger partial charge is 0.385 e. The monoisotopic (exact) mass is 494 g/mol. The maximum Gasteiger partial charge on any atom is 0.328 e. The maximum atomic E-state index is 13.2. The Bertz CT molecular complexity index is 1160. The van der Waals surface area contributed by atoms with E-state index in [1.165, 1.54) is 23.1 Å². The first kappa shape index (κ1) is 26.7. The molecule has 36 heavy (non-hydrogen) atoms. The summed E-state index contributed by atoms with van der Waals surface area (Å²) in [5, 5.41) is 12.2. The number of pyridine rings is 2. The van der Waals surface area contributed by atoms with Crippen LogP contribution >= 0.6 is 0 Å². The number of nitrogens with zero attached hydrogens (tertiary/aromatic N) is 5. The molecule has 2 aromatic rings. The summed E-state index contributed by atoms with van der Waals surface area (Å²) in [7, 11) is 4.69. The van der Waals surface area contributed by atoms with Gasteiger partial charge in [-0.15, -0.1) is 0 Å². The number of hydrogen-bond acceptors (Lipinski definition) is 8. The van der Waals surface area contributed by atoms with Gasteiger partial charge in [-0.3, -0.25) is 19.8 Å². The van der Waals surface area contributed by atoms with Crippen molar-refractivity contribution in [3.63, 3.8) is 0 Å². The standard InChI is InChI=1S/C25H30N6O5/c1-30(23(33)16-36-3)14-19-10-18-6-4-8-31(24(18)28-21(19)15-32)25(34)29-22-11-17(7-5-9-35-2)20(12-26)13-27-22/h10-11,13,15H,4-9,14,16H2,1-3H3,(H,27,29,34). The Hall–Kier alpha value is -3.88. The number of anilines is 2. The molecule has 3 heterocycles. The Labute approximate surface area is 210 Å². The number of likely N-dealkylation sites (N-methyl/N-ethyl adjacent to an activating group) is 1. The molecule has 11 nitrogen and oxygen atoms in total. The number of carbonyl (C=O) groups is 3. The molecule has 0 unspecified atom stereocenters. The molecule has 1 aliphatic rings. The molecule has 1 aliphatic heterocycles. The molecule has 0 aromatic carbocycles. The summed E-state index contributed by atoms with van der Waals surface area (Å²) in [4.78, 5) is 48.7. The molecule has 0 saturated heterocycles. The SMILES string of the molecule is COCCCc1cc(NC(=O)N2CCCc3cc(CN(C)C(=O)COC)c(C=O)nc32)ncc1C#N. The van der Waals surface area contributed by atoms with Crippen LogP contribution < -0.4 is 10.2 Å². The first-order valence-corrected chi connectivity index (χ1v) is 11.6. The molecule has 0 atom stereocenters. The van der Waals surface area contributed by atoms with E-state index < -0.39 is 6.03 Å². The van der Waals surface area contributed by atoms with Crippen molar-refractivity contribution < 1.29 is 23.9 Å². The highest BCUT2D eigenvalue weighted by atomic mass is 16.5. The predicted molar refractivity (Wildman–Crippen MR) is 132 cm³/mol. The van der Waals surface area contributed by atoms with Crippen LogP contribution in [0.4, 0.5) is 16.4 Å². The van der Waals surface area contributed by atoms with Crippen molar-refractivity contribution in [2.75, 3.05) is 51.2 Å². The minimum Gasteiger partial charge on any atom is -0.385 e. The summed E-state index contributed by atoms with van der Waals surface area (Å²) >= 11 is 0. The molecule has 3 rings (SSSR count). The van der Waals surface area contributed by atoms with E-state index in [1.54, 1.807) is 20.2 Å². The number of aromatic nitrogens is 2. The van der Waals surface area contributed by atoms with Gasteiger partial charge < -0.3 is 14.4 Å². The molecule has 3 amide bonds. The average Bonchev–Trinajstić information content (AvgIpc) is 2.88. The van der Waals surface area contributed by atoms with Gasteiger partial charge in [0.15, 0.2) is 6.29 Å². The van der Waals surface area contributed by atoms with Gasteiger partial charge in [-0.05, 0) is 48.9 Å². The minimum atomic E-state index is -0.430. The summed E-state index contributed by atoms with van der Waals surface area (Å²) in [6, 6.07) is 5.21. The number of ether oxygens (including phenoxy) is 2. The minimum absolute atomic E-state index is 0.0588. The van der Waals surface area contributed by atoms with Gasteiger partial charge in [0.05, 0.1) is 5.56 Å². The van der Waals surface area contributed by atoms with Gasteiger partial charge >= 0.3 is 6.03 Å². The number of fused-ring (bicyclic) bond motifs is 1. The van der Waals surface area contributed by atoms with E-state index in [1.807, 2.05) is 6.07 Å². The van der Waals surface area contributed by atoms with E-state index >= 15 is 0 Å². The van der Waals surface area contributed by atoms with Crippen LogP contribution in [0.5, 0.6) is 0 Å². The van der Waals surface area contributed by atoms with Crippen LogP contribution in [0.3, 0.4) is 0 Å². The van der Waals surface area contributed by atoms with E-state index in [9.17, 15) is 19.6 Å². The first-order chi connectivity index (χ1) is 17.4. The number of aldehydes is 1. The van der Waals surface area contributed by atoms with Gasteiger partial charge in [-0.25, -0.2) is 14.8 Å². The lowest BCUT2D eigenvalue weighted by molar-refractivity contribution is -0.134. The number of nitriles is 1. The first-order valence-electron chi connectivity index (χ1n) is 11.6. The Morgan fingerprint density at radius 3 is 2.78 bits per heavy atom. The van der Waals surface area contributed by atoms with Crippen molar-refractivity contribution in [2.45, 2.75) is 32.2 Å². The Kier molecular flexibility index (Phi) is 9.44. The summed E-state index contributed by atoms with van der Waals surface area (Å²) in [6.45, 7) is 1.12. The molecule has 0 aliphatic carbocycles. The van der Waals surface area contributed by atoms with Gasteiger partial charge in [-0.1, -0.05) is 0 Å². The van der Waals surface area contributed by atoms with Crippen LogP contribution in [0.1, 0.15) is 45.6 Å². The van der Waals surface area contributed by atoms with Crippen LogP contribution in [0.2, 0.25) is 0 Å². The second-order valence-electron chi connectivity index (χ2n) is 8.44. The van der Waals surface area contributed by atoms with Crippen molar-refractivity contribution >= 4 is 29.9 Å². The highest BCUT2D eigenvalue weighted by Crippen LogP contribution is 2.28. The van der Waals surface area contributed by atoms with Gasteiger partial charge in [0.1, 0.15) is 30.0 Å². The fourth-order valence-corrected chi connectivity index (χ4v) is 4.02. The number of rotatable bonds is 10. The molecular formula is C25H30N6O5. The third kappa shape index (κ3) is 6.41. The second-order valence-corrected chi connectivity index (χ2v) is 8.44. The van der Waals surface area contributed by atoms with Crippen LogP contribution in [0, 0.1) is 11.3 Å². The fraction of sp³-hybridized carbons (Fsp3) is 0.440. The summed E-state index contributed by atoms with van der Waals surface area (Å²) in [6.07, 6.45) is 4.82. The Morgan fingerprint density at radius 1 is 1.28 bits per heavy atom. The molecular weight excluding hydrogens is 464 g/mol. The molecule has 190 valence electrons. The second kappa shape index (κ2) is 12.7. The lowest BCUT2D eigenvalue weighted by Gasteiger charge is -2.29. The van der Waals surface area contributed by atoms with Crippen LogP contribution in [-0.2, 0) is 33.7 Å². The van der Waals surface area contributed by atoms with Crippen molar-refractivity contribution in [3.8, 4) is 6.07 Å². The zero-order valence-electron chi connectivity index (χ0n) is 20.7. The molecule has 0 bridgehead atoms. The molecule has 1 N–H and O–H groups in total. The number of methoxy groups -OCH3 is 2. The zero-order chi connectivity index (χ0) is 26.1. The highest BCUT2D eigenvalue weighted by molar-refractivity contribution is 6.01. The van der Waals surface area contributed by atoms with Gasteiger partial charge in [0.25, 0.3) is 0 Å². The number of nitrogens with one attached hydrogen (secondary N) is 1. The lowest BCUT2D eigenvalue weighted by Crippen LogP contribution is -2.40. The Morgan fingerprint density at radius 2 is 2.08 bits per heavy atom.